The summed E-state index contributed by atoms with van der Waals surface area (Å²) in [5.41, 5.74) is 4.08. The number of aryl methyl sites for hydroxylation is 1. The van der Waals surface area contributed by atoms with Gasteiger partial charge in [-0.25, -0.2) is 4.39 Å². The molecule has 0 N–H and O–H groups in total. The summed E-state index contributed by atoms with van der Waals surface area (Å²) >= 11 is 0. The Morgan fingerprint density at radius 1 is 1.14 bits per heavy atom. The number of nitrogens with zero attached hydrogens (tertiary/aromatic N) is 2. The monoisotopic (exact) mass is 280 g/mol. The highest BCUT2D eigenvalue weighted by molar-refractivity contribution is 5.38. The standard InChI is InChI=1S/C18H17FN2/c19-18-8-7-15(11-20)17(10-18)13-21-9-3-6-14-4-1-2-5-16(14)12-21/h1-2,4-5,7-8,10H,3,6,9,12-13H2. The Morgan fingerprint density at radius 3 is 2.76 bits per heavy atom. The van der Waals surface area contributed by atoms with Crippen LogP contribution in [0.15, 0.2) is 42.5 Å². The third-order valence-corrected chi connectivity index (χ3v) is 4.01. The fourth-order valence-corrected chi connectivity index (χ4v) is 2.95. The molecule has 0 atom stereocenters. The minimum absolute atomic E-state index is 0.278. The normalized spacial score (nSPS) is 15.0. The van der Waals surface area contributed by atoms with Gasteiger partial charge < -0.3 is 0 Å². The number of fused-ring (bicyclic) bond motifs is 1. The molecule has 106 valence electrons. The van der Waals surface area contributed by atoms with Crippen LogP contribution in [0, 0.1) is 17.1 Å². The number of nitriles is 1. The van der Waals surface area contributed by atoms with Crippen molar-refractivity contribution in [3.63, 3.8) is 0 Å². The van der Waals surface area contributed by atoms with E-state index in [4.69, 9.17) is 5.26 Å². The van der Waals surface area contributed by atoms with E-state index in [9.17, 15) is 4.39 Å². The van der Waals surface area contributed by atoms with Gasteiger partial charge in [-0.05, 0) is 54.3 Å². The van der Waals surface area contributed by atoms with Gasteiger partial charge in [0.1, 0.15) is 5.82 Å². The molecule has 0 unspecified atom stereocenters. The lowest BCUT2D eigenvalue weighted by atomic mass is 10.0. The quantitative estimate of drug-likeness (QED) is 0.839. The van der Waals surface area contributed by atoms with E-state index in [0.717, 1.165) is 31.5 Å². The van der Waals surface area contributed by atoms with Crippen LogP contribution in [0.3, 0.4) is 0 Å². The van der Waals surface area contributed by atoms with E-state index in [0.29, 0.717) is 12.1 Å². The lowest BCUT2D eigenvalue weighted by molar-refractivity contribution is 0.260. The van der Waals surface area contributed by atoms with Crippen molar-refractivity contribution in [1.29, 1.82) is 5.26 Å². The van der Waals surface area contributed by atoms with Crippen molar-refractivity contribution in [1.82, 2.24) is 4.90 Å². The summed E-state index contributed by atoms with van der Waals surface area (Å²) in [6.07, 6.45) is 2.18. The Morgan fingerprint density at radius 2 is 1.95 bits per heavy atom. The minimum atomic E-state index is -0.278. The molecule has 0 radical (unpaired) electrons. The van der Waals surface area contributed by atoms with Crippen molar-refractivity contribution in [3.05, 3.63) is 70.5 Å². The lowest BCUT2D eigenvalue weighted by Gasteiger charge is -2.21. The summed E-state index contributed by atoms with van der Waals surface area (Å²) in [5, 5.41) is 9.16. The van der Waals surface area contributed by atoms with Crippen molar-refractivity contribution in [2.24, 2.45) is 0 Å². The van der Waals surface area contributed by atoms with E-state index in [1.165, 1.54) is 23.3 Å². The molecule has 0 aliphatic carbocycles. The zero-order valence-electron chi connectivity index (χ0n) is 11.8. The molecule has 2 aromatic carbocycles. The van der Waals surface area contributed by atoms with Gasteiger partial charge in [-0.1, -0.05) is 24.3 Å². The Balaban J connectivity index is 1.83. The molecular formula is C18H17FN2. The molecule has 3 heteroatoms. The number of halogens is 1. The second-order valence-corrected chi connectivity index (χ2v) is 5.50. The fourth-order valence-electron chi connectivity index (χ4n) is 2.95. The van der Waals surface area contributed by atoms with Crippen LogP contribution in [0.4, 0.5) is 4.39 Å². The zero-order chi connectivity index (χ0) is 14.7. The van der Waals surface area contributed by atoms with E-state index in [2.05, 4.69) is 35.2 Å². The first kappa shape index (κ1) is 13.8. The molecule has 0 fully saturated rings. The highest BCUT2D eigenvalue weighted by Gasteiger charge is 2.15. The van der Waals surface area contributed by atoms with Gasteiger partial charge >= 0.3 is 0 Å². The molecule has 0 amide bonds. The van der Waals surface area contributed by atoms with Crippen LogP contribution in [-0.4, -0.2) is 11.4 Å². The molecule has 0 aromatic heterocycles. The molecule has 21 heavy (non-hydrogen) atoms. The van der Waals surface area contributed by atoms with E-state index in [1.807, 2.05) is 0 Å². The van der Waals surface area contributed by atoms with Crippen molar-refractivity contribution in [2.75, 3.05) is 6.54 Å². The molecule has 0 saturated carbocycles. The lowest BCUT2D eigenvalue weighted by Crippen LogP contribution is -2.23. The molecule has 1 aliphatic heterocycles. The Hall–Kier alpha value is -2.18. The van der Waals surface area contributed by atoms with Crippen LogP contribution >= 0.6 is 0 Å². The summed E-state index contributed by atoms with van der Waals surface area (Å²) in [4.78, 5) is 2.29. The molecule has 2 nitrogen and oxygen atoms in total. The first-order valence-corrected chi connectivity index (χ1v) is 7.24. The summed E-state index contributed by atoms with van der Waals surface area (Å²) in [5.74, 6) is -0.278. The van der Waals surface area contributed by atoms with Gasteiger partial charge in [0.2, 0.25) is 0 Å². The highest BCUT2D eigenvalue weighted by Crippen LogP contribution is 2.21. The molecule has 1 aliphatic rings. The number of rotatable bonds is 2. The molecule has 0 saturated heterocycles. The summed E-state index contributed by atoms with van der Waals surface area (Å²) in [6, 6.07) is 15.0. The average molecular weight is 280 g/mol. The molecule has 0 spiro atoms. The van der Waals surface area contributed by atoms with Crippen LogP contribution in [0.25, 0.3) is 0 Å². The van der Waals surface area contributed by atoms with Crippen LogP contribution in [0.2, 0.25) is 0 Å². The summed E-state index contributed by atoms with van der Waals surface area (Å²) in [7, 11) is 0. The maximum Gasteiger partial charge on any atom is 0.123 e. The molecule has 0 bridgehead atoms. The predicted octanol–water partition coefficient (Wildman–Crippen LogP) is 3.65. The maximum atomic E-state index is 13.4. The first-order valence-electron chi connectivity index (χ1n) is 7.24. The second kappa shape index (κ2) is 6.07. The van der Waals surface area contributed by atoms with Crippen LogP contribution in [0.5, 0.6) is 0 Å². The molecule has 2 aromatic rings. The van der Waals surface area contributed by atoms with Gasteiger partial charge in [0.25, 0.3) is 0 Å². The SMILES string of the molecule is N#Cc1ccc(F)cc1CN1CCCc2ccccc2C1. The smallest absolute Gasteiger partial charge is 0.123 e. The average Bonchev–Trinajstić information content (AvgIpc) is 2.69. The van der Waals surface area contributed by atoms with E-state index >= 15 is 0 Å². The summed E-state index contributed by atoms with van der Waals surface area (Å²) < 4.78 is 13.4. The fraction of sp³-hybridized carbons (Fsp3) is 0.278. The van der Waals surface area contributed by atoms with E-state index < -0.39 is 0 Å². The minimum Gasteiger partial charge on any atom is -0.295 e. The van der Waals surface area contributed by atoms with Gasteiger partial charge in [0.05, 0.1) is 11.6 Å². The Kier molecular flexibility index (Phi) is 3.98. The highest BCUT2D eigenvalue weighted by atomic mass is 19.1. The topological polar surface area (TPSA) is 27.0 Å². The van der Waals surface area contributed by atoms with Gasteiger partial charge in [-0.2, -0.15) is 5.26 Å². The Labute approximate surface area is 124 Å². The van der Waals surface area contributed by atoms with E-state index in [-0.39, 0.29) is 5.82 Å². The van der Waals surface area contributed by atoms with Gasteiger partial charge in [0, 0.05) is 13.1 Å². The van der Waals surface area contributed by atoms with Crippen molar-refractivity contribution < 1.29 is 4.39 Å². The van der Waals surface area contributed by atoms with Crippen LogP contribution in [0.1, 0.15) is 28.7 Å². The maximum absolute atomic E-state index is 13.4. The molecule has 1 heterocycles. The Bertz CT molecular complexity index is 688. The van der Waals surface area contributed by atoms with Gasteiger partial charge in [0.15, 0.2) is 0 Å². The van der Waals surface area contributed by atoms with E-state index in [1.54, 1.807) is 6.07 Å². The van der Waals surface area contributed by atoms with Crippen molar-refractivity contribution >= 4 is 0 Å². The first-order chi connectivity index (χ1) is 10.3. The van der Waals surface area contributed by atoms with Crippen molar-refractivity contribution in [2.45, 2.75) is 25.9 Å². The largest absolute Gasteiger partial charge is 0.295 e. The predicted molar refractivity (Wildman–Crippen MR) is 80.0 cm³/mol. The van der Waals surface area contributed by atoms with Gasteiger partial charge in [-0.3, -0.25) is 4.90 Å². The van der Waals surface area contributed by atoms with Crippen LogP contribution in [-0.2, 0) is 19.5 Å². The summed E-state index contributed by atoms with van der Waals surface area (Å²) in [6.45, 7) is 2.45. The van der Waals surface area contributed by atoms with Crippen LogP contribution < -0.4 is 0 Å². The molecule has 3 rings (SSSR count). The van der Waals surface area contributed by atoms with Crippen molar-refractivity contribution in [3.8, 4) is 6.07 Å². The number of hydrogen-bond acceptors (Lipinski definition) is 2. The number of hydrogen-bond donors (Lipinski definition) is 0. The molecular weight excluding hydrogens is 263 g/mol. The zero-order valence-corrected chi connectivity index (χ0v) is 11.8. The second-order valence-electron chi connectivity index (χ2n) is 5.50. The third-order valence-electron chi connectivity index (χ3n) is 4.01. The number of benzene rings is 2. The van der Waals surface area contributed by atoms with Gasteiger partial charge in [-0.15, -0.1) is 0 Å². The third kappa shape index (κ3) is 3.12.